The summed E-state index contributed by atoms with van der Waals surface area (Å²) in [6.07, 6.45) is 4.37. The van der Waals surface area contributed by atoms with Crippen molar-refractivity contribution in [2.45, 2.75) is 13.0 Å². The lowest BCUT2D eigenvalue weighted by Crippen LogP contribution is -2.47. The summed E-state index contributed by atoms with van der Waals surface area (Å²) in [6.45, 7) is 2.98. The van der Waals surface area contributed by atoms with Crippen LogP contribution >= 0.6 is 23.2 Å². The van der Waals surface area contributed by atoms with Crippen molar-refractivity contribution in [1.82, 2.24) is 9.88 Å². The van der Waals surface area contributed by atoms with Gasteiger partial charge in [0, 0.05) is 42.5 Å². The first-order valence-electron chi connectivity index (χ1n) is 9.31. The van der Waals surface area contributed by atoms with Gasteiger partial charge in [0.05, 0.1) is 18.2 Å². The maximum atomic E-state index is 12.6. The molecule has 0 spiro atoms. The largest absolute Gasteiger partial charge is 0.475 e. The number of anilines is 1. The highest BCUT2D eigenvalue weighted by molar-refractivity contribution is 6.31. The van der Waals surface area contributed by atoms with Crippen molar-refractivity contribution >= 4 is 46.8 Å². The topological polar surface area (TPSA) is 80.8 Å². The second-order valence-electron chi connectivity index (χ2n) is 6.65. The van der Waals surface area contributed by atoms with Gasteiger partial charge in [-0.3, -0.25) is 9.59 Å². The predicted octanol–water partition coefficient (Wildman–Crippen LogP) is 3.67. The molecule has 3 rings (SSSR count). The van der Waals surface area contributed by atoms with Crippen molar-refractivity contribution in [1.29, 1.82) is 0 Å². The minimum absolute atomic E-state index is 0.156. The number of nitrogens with zero attached hydrogens (tertiary/aromatic N) is 2. The number of halogens is 2. The SMILES string of the molecule is CC(=O)Nc1cc(Cl)ccc1/C=C/C(=O)N1CCOC(COc2ccc(Cl)cn2)C1. The van der Waals surface area contributed by atoms with Gasteiger partial charge in [-0.2, -0.15) is 0 Å². The maximum absolute atomic E-state index is 12.6. The van der Waals surface area contributed by atoms with Gasteiger partial charge < -0.3 is 19.7 Å². The summed E-state index contributed by atoms with van der Waals surface area (Å²) in [6, 6.07) is 8.45. The predicted molar refractivity (Wildman–Crippen MR) is 116 cm³/mol. The van der Waals surface area contributed by atoms with Crippen molar-refractivity contribution in [3.63, 3.8) is 0 Å². The fourth-order valence-corrected chi connectivity index (χ4v) is 3.17. The van der Waals surface area contributed by atoms with E-state index < -0.39 is 0 Å². The zero-order valence-electron chi connectivity index (χ0n) is 16.3. The van der Waals surface area contributed by atoms with Crippen LogP contribution in [0.2, 0.25) is 10.0 Å². The molecule has 2 aromatic rings. The van der Waals surface area contributed by atoms with Gasteiger partial charge in [0.1, 0.15) is 12.7 Å². The molecule has 1 aromatic heterocycles. The number of nitrogens with one attached hydrogen (secondary N) is 1. The van der Waals surface area contributed by atoms with Gasteiger partial charge >= 0.3 is 0 Å². The molecular weight excluding hydrogens is 429 g/mol. The summed E-state index contributed by atoms with van der Waals surface area (Å²) >= 11 is 11.8. The molecule has 1 atom stereocenters. The molecule has 7 nitrogen and oxygen atoms in total. The number of morpholine rings is 1. The number of rotatable bonds is 6. The minimum atomic E-state index is -0.265. The monoisotopic (exact) mass is 449 g/mol. The molecule has 0 aliphatic carbocycles. The number of benzene rings is 1. The van der Waals surface area contributed by atoms with Crippen molar-refractivity contribution in [2.75, 3.05) is 31.6 Å². The molecule has 1 saturated heterocycles. The lowest BCUT2D eigenvalue weighted by Gasteiger charge is -2.32. The molecule has 1 fully saturated rings. The Morgan fingerprint density at radius 1 is 1.30 bits per heavy atom. The molecule has 1 aliphatic heterocycles. The second-order valence-corrected chi connectivity index (χ2v) is 7.52. The quantitative estimate of drug-likeness (QED) is 0.680. The van der Waals surface area contributed by atoms with Crippen molar-refractivity contribution in [3.05, 3.63) is 58.2 Å². The molecule has 9 heteroatoms. The van der Waals surface area contributed by atoms with Crippen LogP contribution in [-0.4, -0.2) is 54.1 Å². The molecule has 1 N–H and O–H groups in total. The summed E-state index contributed by atoms with van der Waals surface area (Å²) in [7, 11) is 0. The molecule has 30 heavy (non-hydrogen) atoms. The van der Waals surface area contributed by atoms with E-state index in [9.17, 15) is 9.59 Å². The Balaban J connectivity index is 1.58. The third-order valence-electron chi connectivity index (χ3n) is 4.30. The lowest BCUT2D eigenvalue weighted by atomic mass is 10.1. The van der Waals surface area contributed by atoms with E-state index in [0.29, 0.717) is 46.9 Å². The first-order chi connectivity index (χ1) is 14.4. The second kappa shape index (κ2) is 10.4. The van der Waals surface area contributed by atoms with Crippen molar-refractivity contribution in [2.24, 2.45) is 0 Å². The molecule has 1 aromatic carbocycles. The van der Waals surface area contributed by atoms with E-state index in [-0.39, 0.29) is 24.5 Å². The number of amides is 2. The van der Waals surface area contributed by atoms with E-state index in [1.54, 1.807) is 41.3 Å². The highest BCUT2D eigenvalue weighted by Gasteiger charge is 2.23. The average molecular weight is 450 g/mol. The van der Waals surface area contributed by atoms with Gasteiger partial charge in [-0.1, -0.05) is 29.3 Å². The van der Waals surface area contributed by atoms with Crippen LogP contribution in [0.4, 0.5) is 5.69 Å². The minimum Gasteiger partial charge on any atom is -0.475 e. The Labute approximate surface area is 184 Å². The molecule has 2 amide bonds. The Bertz CT molecular complexity index is 934. The van der Waals surface area contributed by atoms with Gasteiger partial charge in [0.2, 0.25) is 17.7 Å². The Hall–Kier alpha value is -2.61. The van der Waals surface area contributed by atoms with Crippen molar-refractivity contribution < 1.29 is 19.1 Å². The van der Waals surface area contributed by atoms with Gasteiger partial charge in [0.25, 0.3) is 0 Å². The van der Waals surface area contributed by atoms with E-state index in [1.165, 1.54) is 19.2 Å². The molecule has 1 aliphatic rings. The molecule has 1 unspecified atom stereocenters. The van der Waals surface area contributed by atoms with E-state index in [0.717, 1.165) is 0 Å². The zero-order valence-corrected chi connectivity index (χ0v) is 17.8. The van der Waals surface area contributed by atoms with Gasteiger partial charge in [-0.15, -0.1) is 0 Å². The van der Waals surface area contributed by atoms with Crippen molar-refractivity contribution in [3.8, 4) is 5.88 Å². The average Bonchev–Trinajstić information content (AvgIpc) is 2.72. The fraction of sp³-hybridized carbons (Fsp3) is 0.286. The number of hydrogen-bond donors (Lipinski definition) is 1. The summed E-state index contributed by atoms with van der Waals surface area (Å²) in [5.41, 5.74) is 1.23. The van der Waals surface area contributed by atoms with Gasteiger partial charge in [-0.25, -0.2) is 4.98 Å². The Kier molecular flexibility index (Phi) is 7.68. The smallest absolute Gasteiger partial charge is 0.246 e. The summed E-state index contributed by atoms with van der Waals surface area (Å²) in [5.74, 6) is 0.0701. The number of aromatic nitrogens is 1. The van der Waals surface area contributed by atoms with E-state index in [4.69, 9.17) is 32.7 Å². The maximum Gasteiger partial charge on any atom is 0.246 e. The first kappa shape index (κ1) is 22.1. The third-order valence-corrected chi connectivity index (χ3v) is 4.76. The van der Waals surface area contributed by atoms with E-state index in [1.807, 2.05) is 0 Å². The first-order valence-corrected chi connectivity index (χ1v) is 10.1. The molecule has 158 valence electrons. The number of ether oxygens (including phenoxy) is 2. The van der Waals surface area contributed by atoms with Crippen LogP contribution in [0.15, 0.2) is 42.6 Å². The summed E-state index contributed by atoms with van der Waals surface area (Å²) < 4.78 is 11.3. The van der Waals surface area contributed by atoms with Crippen LogP contribution in [0, 0.1) is 0 Å². The van der Waals surface area contributed by atoms with Crippen LogP contribution in [0.25, 0.3) is 6.08 Å². The molecule has 0 bridgehead atoms. The molecule has 0 radical (unpaired) electrons. The number of carbonyl (C=O) groups is 2. The number of pyridine rings is 1. The number of hydrogen-bond acceptors (Lipinski definition) is 5. The van der Waals surface area contributed by atoms with Crippen LogP contribution < -0.4 is 10.1 Å². The molecular formula is C21H21Cl2N3O4. The zero-order chi connectivity index (χ0) is 21.5. The van der Waals surface area contributed by atoms with E-state index in [2.05, 4.69) is 10.3 Å². The fourth-order valence-electron chi connectivity index (χ4n) is 2.88. The third kappa shape index (κ3) is 6.45. The molecule has 0 saturated carbocycles. The highest BCUT2D eigenvalue weighted by atomic mass is 35.5. The molecule has 2 heterocycles. The normalized spacial score (nSPS) is 16.5. The van der Waals surface area contributed by atoms with E-state index >= 15 is 0 Å². The van der Waals surface area contributed by atoms with Gasteiger partial charge in [0.15, 0.2) is 0 Å². The lowest BCUT2D eigenvalue weighted by molar-refractivity contribution is -0.134. The summed E-state index contributed by atoms with van der Waals surface area (Å²) in [4.78, 5) is 29.8. The Morgan fingerprint density at radius 2 is 2.10 bits per heavy atom. The van der Waals surface area contributed by atoms with Crippen LogP contribution in [0.3, 0.4) is 0 Å². The Morgan fingerprint density at radius 3 is 2.83 bits per heavy atom. The van der Waals surface area contributed by atoms with Gasteiger partial charge in [-0.05, 0) is 29.8 Å². The van der Waals surface area contributed by atoms with Crippen LogP contribution in [0.5, 0.6) is 5.88 Å². The highest BCUT2D eigenvalue weighted by Crippen LogP contribution is 2.22. The standard InChI is InChI=1S/C21H21Cl2N3O4/c1-14(27)25-19-10-16(22)4-2-15(19)3-7-21(28)26-8-9-29-18(12-26)13-30-20-6-5-17(23)11-24-20/h2-7,10-11,18H,8-9,12-13H2,1H3,(H,25,27)/b7-3+. The van der Waals surface area contributed by atoms with Crippen LogP contribution in [0.1, 0.15) is 12.5 Å². The summed E-state index contributed by atoms with van der Waals surface area (Å²) in [5, 5.41) is 3.73. The van der Waals surface area contributed by atoms with Crippen LogP contribution in [-0.2, 0) is 14.3 Å². The number of carbonyl (C=O) groups excluding carboxylic acids is 2.